The smallest absolute Gasteiger partial charge is 0.315 e. The van der Waals surface area contributed by atoms with Crippen molar-refractivity contribution in [2.45, 2.75) is 116 Å². The summed E-state index contributed by atoms with van der Waals surface area (Å²) >= 11 is 1.86. The minimum Gasteiger partial charge on any atom is -0.494 e. The summed E-state index contributed by atoms with van der Waals surface area (Å²) in [5, 5.41) is 78.8. The second kappa shape index (κ2) is 26.5. The summed E-state index contributed by atoms with van der Waals surface area (Å²) in [6, 6.07) is 4.70. The molecule has 4 bridgehead atoms. The van der Waals surface area contributed by atoms with E-state index in [2.05, 4.69) is 33.7 Å². The Hall–Kier alpha value is -4.33. The highest BCUT2D eigenvalue weighted by molar-refractivity contribution is 8.00. The van der Waals surface area contributed by atoms with Gasteiger partial charge in [0.2, 0.25) is 5.91 Å². The van der Waals surface area contributed by atoms with E-state index in [1.165, 1.54) is 18.2 Å². The number of hydrogen-bond acceptors (Lipinski definition) is 19. The molecule has 10 rings (SSSR count). The average molecular weight is 1150 g/mol. The lowest BCUT2D eigenvalue weighted by atomic mass is 9.56. The van der Waals surface area contributed by atoms with Crippen LogP contribution in [0.2, 0.25) is 0 Å². The minimum absolute atomic E-state index is 0.0359. The number of fused-ring (bicyclic) bond motifs is 6. The number of ether oxygens (including phenoxy) is 5. The average Bonchev–Trinajstić information content (AvgIpc) is 3.15. The molecule has 0 spiro atoms. The molecule has 4 aliphatic carbocycles. The number of nitrogens with zero attached hydrogens (tertiary/aromatic N) is 1. The third-order valence-electron chi connectivity index (χ3n) is 15.3. The molecule has 11 atom stereocenters. The van der Waals surface area contributed by atoms with E-state index in [9.17, 15) is 66.2 Å². The van der Waals surface area contributed by atoms with Crippen LogP contribution in [-0.4, -0.2) is 224 Å². The predicted molar refractivity (Wildman–Crippen MR) is 283 cm³/mol. The standard InChI is InChI=1S/C52H70N4O19S3/c1-2-31-39-33-26-56(14-18-72-20-22-73-21-19-71-17-13-53-38(57)8-4-3-7-37-45-35(28-76-37)54-52(64)55-45)27-34(47(59)46(33)58)40(39)32(42-41(31)43-48(60)50(62)44(42)51(63)49(43)61)11-9-29-25-30(74-15-5-23-77(65,66)67)10-12-36(29)75-16-6-24-78(68,69)70/h1,10,12,25,33-35,37,43-51,58-63H,3-8,13-24,26-28H2,(H,53,57)(H2,54,55,64)(H,65,66,67)(H,68,69,70)/t33?,34?,35-,37+,43?,44?,45-,46?,47?,48?,49?,50?,51?/m0/s1. The maximum Gasteiger partial charge on any atom is 0.315 e. The molecule has 23 nitrogen and oxygen atoms in total. The van der Waals surface area contributed by atoms with Crippen LogP contribution in [0.15, 0.2) is 18.2 Å². The van der Waals surface area contributed by atoms with Gasteiger partial charge < -0.3 is 70.3 Å². The second-order valence-corrected chi connectivity index (χ2v) is 24.9. The van der Waals surface area contributed by atoms with Gasteiger partial charge in [0.1, 0.15) is 11.5 Å². The molecule has 3 saturated heterocycles. The van der Waals surface area contributed by atoms with Crippen molar-refractivity contribution in [3.63, 3.8) is 0 Å². The zero-order valence-corrected chi connectivity index (χ0v) is 45.4. The van der Waals surface area contributed by atoms with Gasteiger partial charge in [-0.1, -0.05) is 24.2 Å². The van der Waals surface area contributed by atoms with Crippen molar-refractivity contribution in [3.8, 4) is 35.7 Å². The lowest BCUT2D eigenvalue weighted by molar-refractivity contribution is -0.148. The van der Waals surface area contributed by atoms with Crippen LogP contribution in [0.3, 0.4) is 0 Å². The molecular weight excluding hydrogens is 1080 g/mol. The Kier molecular flexibility index (Phi) is 20.3. The molecule has 4 aliphatic heterocycles. The number of unbranched alkanes of at least 4 members (excludes halogenated alkanes) is 1. The Morgan fingerprint density at radius 2 is 1.28 bits per heavy atom. The normalized spacial score (nSPS) is 28.8. The van der Waals surface area contributed by atoms with Gasteiger partial charge in [-0.3, -0.25) is 18.8 Å². The summed E-state index contributed by atoms with van der Waals surface area (Å²) in [6.07, 6.45) is 0.277. The lowest BCUT2D eigenvalue weighted by Crippen LogP contribution is -2.60. The Balaban J connectivity index is 0.905. The molecule has 26 heteroatoms. The summed E-state index contributed by atoms with van der Waals surface area (Å²) in [7, 11) is -8.56. The molecule has 3 amide bonds. The van der Waals surface area contributed by atoms with Gasteiger partial charge in [0, 0.05) is 78.4 Å². The molecule has 8 aliphatic rings. The quantitative estimate of drug-likeness (QED) is 0.0224. The van der Waals surface area contributed by atoms with E-state index in [0.717, 1.165) is 25.0 Å². The van der Waals surface area contributed by atoms with Gasteiger partial charge in [-0.15, -0.1) is 6.42 Å². The SMILES string of the molecule is C#Cc1c2c(c(C#Cc3cc(OCCCS(=O)(=O)O)ccc3OCCCS(=O)(=O)O)c3c1C1C(O)C(O)C3C(O)C1O)C1CN(CCOCCOCCOCCNC(=O)CCCC[C@H]3SC[C@@H]4NC(=O)N[C@@H]43)CC2C(O)C1O. The Bertz CT molecular complexity index is 2790. The van der Waals surface area contributed by atoms with Gasteiger partial charge >= 0.3 is 6.03 Å². The summed E-state index contributed by atoms with van der Waals surface area (Å²) < 4.78 is 92.9. The van der Waals surface area contributed by atoms with Gasteiger partial charge in [-0.2, -0.15) is 28.6 Å². The molecule has 430 valence electrons. The molecule has 11 N–H and O–H groups in total. The van der Waals surface area contributed by atoms with Crippen LogP contribution < -0.4 is 25.4 Å². The van der Waals surface area contributed by atoms with E-state index in [0.29, 0.717) is 55.7 Å². The number of thioether (sulfide) groups is 1. The number of benzene rings is 2. The summed E-state index contributed by atoms with van der Waals surface area (Å²) in [6.45, 7) is 2.53. The van der Waals surface area contributed by atoms with Crippen LogP contribution in [0.1, 0.15) is 101 Å². The van der Waals surface area contributed by atoms with Crippen LogP contribution >= 0.6 is 11.8 Å². The first-order chi connectivity index (χ1) is 37.3. The fourth-order valence-electron chi connectivity index (χ4n) is 11.7. The van der Waals surface area contributed by atoms with Gasteiger partial charge in [0.15, 0.2) is 0 Å². The number of rotatable bonds is 27. The van der Waals surface area contributed by atoms with E-state index >= 15 is 0 Å². The molecule has 0 radical (unpaired) electrons. The Morgan fingerprint density at radius 3 is 1.90 bits per heavy atom. The number of aliphatic hydroxyl groups is 6. The maximum atomic E-state index is 12.3. The van der Waals surface area contributed by atoms with Gasteiger partial charge in [0.25, 0.3) is 20.2 Å². The topological polar surface area (TPSA) is 350 Å². The monoisotopic (exact) mass is 1150 g/mol. The van der Waals surface area contributed by atoms with Crippen molar-refractivity contribution >= 4 is 43.9 Å². The van der Waals surface area contributed by atoms with Gasteiger partial charge in [0.05, 0.1) is 119 Å². The minimum atomic E-state index is -4.30. The number of aliphatic hydroxyl groups excluding tert-OH is 6. The van der Waals surface area contributed by atoms with Crippen LogP contribution in [0.25, 0.3) is 0 Å². The first-order valence-corrected chi connectivity index (χ1v) is 30.5. The van der Waals surface area contributed by atoms with Gasteiger partial charge in [-0.25, -0.2) is 4.79 Å². The van der Waals surface area contributed by atoms with Crippen LogP contribution in [0.4, 0.5) is 4.79 Å². The van der Waals surface area contributed by atoms with E-state index in [1.807, 2.05) is 16.7 Å². The number of nitrogens with one attached hydrogen (secondary N) is 3. The van der Waals surface area contributed by atoms with Gasteiger partial charge in [-0.05, 0) is 66.1 Å². The van der Waals surface area contributed by atoms with E-state index in [1.54, 1.807) is 0 Å². The molecule has 4 fully saturated rings. The van der Waals surface area contributed by atoms with Crippen molar-refractivity contribution < 1.29 is 89.9 Å². The molecule has 1 saturated carbocycles. The van der Waals surface area contributed by atoms with E-state index < -0.39 is 92.0 Å². The van der Waals surface area contributed by atoms with E-state index in [-0.39, 0.29) is 122 Å². The van der Waals surface area contributed by atoms with Crippen molar-refractivity contribution in [2.75, 3.05) is 96.3 Å². The fraction of sp³-hybridized carbons (Fsp3) is 0.654. The zero-order valence-electron chi connectivity index (χ0n) is 42.9. The van der Waals surface area contributed by atoms with Crippen LogP contribution in [0.5, 0.6) is 11.5 Å². The number of urea groups is 1. The number of amides is 3. The third kappa shape index (κ3) is 14.2. The van der Waals surface area contributed by atoms with Crippen LogP contribution in [-0.2, 0) is 39.2 Å². The molecule has 78 heavy (non-hydrogen) atoms. The number of carbonyl (C=O) groups excluding carboxylic acids is 2. The highest BCUT2D eigenvalue weighted by Gasteiger charge is 2.59. The number of carbonyl (C=O) groups is 2. The second-order valence-electron chi connectivity index (χ2n) is 20.5. The highest BCUT2D eigenvalue weighted by atomic mass is 32.2. The summed E-state index contributed by atoms with van der Waals surface area (Å²) in [5.41, 5.74) is 2.09. The summed E-state index contributed by atoms with van der Waals surface area (Å²) in [5.74, 6) is 4.83. The Morgan fingerprint density at radius 1 is 0.705 bits per heavy atom. The molecular formula is C52H70N4O19S3. The highest BCUT2D eigenvalue weighted by Crippen LogP contribution is 2.57. The predicted octanol–water partition coefficient (Wildman–Crippen LogP) is -0.871. The third-order valence-corrected chi connectivity index (χ3v) is 18.4. The van der Waals surface area contributed by atoms with Crippen LogP contribution in [0, 0.1) is 24.2 Å². The molecule has 0 aromatic heterocycles. The van der Waals surface area contributed by atoms with Crippen molar-refractivity contribution in [2.24, 2.45) is 0 Å². The number of hydrogen-bond donors (Lipinski definition) is 11. The lowest BCUT2D eigenvalue weighted by Gasteiger charge is -2.52. The molecule has 2 aromatic carbocycles. The molecule has 2 aromatic rings. The fourth-order valence-corrected chi connectivity index (χ4v) is 14.2. The molecule has 4 heterocycles. The largest absolute Gasteiger partial charge is 0.494 e. The van der Waals surface area contributed by atoms with Crippen molar-refractivity contribution in [1.82, 2.24) is 20.9 Å². The van der Waals surface area contributed by atoms with Crippen molar-refractivity contribution in [3.05, 3.63) is 57.1 Å². The first kappa shape index (κ1) is 59.8. The number of terminal acetylenes is 1. The first-order valence-electron chi connectivity index (χ1n) is 26.3. The zero-order chi connectivity index (χ0) is 55.9. The summed E-state index contributed by atoms with van der Waals surface area (Å²) in [4.78, 5) is 25.9. The molecule has 8 unspecified atom stereocenters. The van der Waals surface area contributed by atoms with Crippen molar-refractivity contribution in [1.29, 1.82) is 0 Å². The maximum absolute atomic E-state index is 12.3. The Labute approximate surface area is 457 Å². The van der Waals surface area contributed by atoms with E-state index in [4.69, 9.17) is 30.1 Å².